The molecule has 36 heavy (non-hydrogen) atoms. The Labute approximate surface area is 221 Å². The summed E-state index contributed by atoms with van der Waals surface area (Å²) in [6, 6.07) is 19.7. The molecular formula is C26H19Cl2N2O4PS. The number of thiophene rings is 1. The predicted molar refractivity (Wildman–Crippen MR) is 148 cm³/mol. The lowest BCUT2D eigenvalue weighted by Crippen LogP contribution is -2.22. The van der Waals surface area contributed by atoms with Crippen molar-refractivity contribution in [3.05, 3.63) is 87.8 Å². The smallest absolute Gasteiger partial charge is 0.348 e. The summed E-state index contributed by atoms with van der Waals surface area (Å²) >= 11 is 13.5. The van der Waals surface area contributed by atoms with E-state index in [-0.39, 0.29) is 9.90 Å². The van der Waals surface area contributed by atoms with Crippen LogP contribution in [0.2, 0.25) is 10.0 Å². The molecule has 1 unspecified atom stereocenters. The lowest BCUT2D eigenvalue weighted by molar-refractivity contribution is 0.0703. The van der Waals surface area contributed by atoms with Gasteiger partial charge >= 0.3 is 5.97 Å². The summed E-state index contributed by atoms with van der Waals surface area (Å²) in [7, 11) is -1.64. The molecule has 0 spiro atoms. The molecule has 3 aromatic heterocycles. The van der Waals surface area contributed by atoms with Crippen LogP contribution in [0, 0.1) is 0 Å². The van der Waals surface area contributed by atoms with Gasteiger partial charge < -0.3 is 14.2 Å². The molecule has 0 amide bonds. The molecule has 182 valence electrons. The normalized spacial score (nSPS) is 13.0. The summed E-state index contributed by atoms with van der Waals surface area (Å²) in [5.41, 5.74) is 3.54. The summed E-state index contributed by atoms with van der Waals surface area (Å²) in [5.74, 6) is -0.401. The second-order valence-corrected chi connectivity index (χ2v) is 12.9. The van der Waals surface area contributed by atoms with Gasteiger partial charge in [0.05, 0.1) is 10.7 Å². The topological polar surface area (TPSA) is 83.6 Å². The van der Waals surface area contributed by atoms with Gasteiger partial charge in [0.1, 0.15) is 16.2 Å². The van der Waals surface area contributed by atoms with Gasteiger partial charge in [-0.15, -0.1) is 11.3 Å². The summed E-state index contributed by atoms with van der Waals surface area (Å²) in [5, 5.41) is 11.0. The average Bonchev–Trinajstić information content (AvgIpc) is 3.48. The monoisotopic (exact) mass is 556 g/mol. The fourth-order valence-electron chi connectivity index (χ4n) is 3.91. The SMILES string of the molecule is CN(c1cc(-c2ccc(-c3cc4ncccc4o3)cc2)sc1C(=O)O)P(C)(=O)c1ccc(Cl)cc1Cl. The number of aromatic nitrogens is 1. The summed E-state index contributed by atoms with van der Waals surface area (Å²) < 4.78 is 21.2. The van der Waals surface area contributed by atoms with Gasteiger partial charge in [-0.05, 0) is 42.0 Å². The standard InChI is InChI=1S/C26H19Cl2N2O4PS/c1-30(35(2,33)23-10-9-17(27)12-18(23)28)20-14-24(36-25(20)26(31)32)16-7-5-15(6-8-16)22-13-19-21(34-22)4-3-11-29-19/h3-14H,1-2H3,(H,31,32). The van der Waals surface area contributed by atoms with Crippen LogP contribution < -0.4 is 9.97 Å². The lowest BCUT2D eigenvalue weighted by atomic mass is 10.1. The van der Waals surface area contributed by atoms with E-state index in [0.29, 0.717) is 27.4 Å². The molecule has 6 nitrogen and oxygen atoms in total. The van der Waals surface area contributed by atoms with Crippen LogP contribution in [0.4, 0.5) is 5.69 Å². The number of carbonyl (C=O) groups is 1. The summed E-state index contributed by atoms with van der Waals surface area (Å²) in [6.45, 7) is 1.56. The number of furan rings is 1. The van der Waals surface area contributed by atoms with Crippen LogP contribution in [-0.2, 0) is 4.57 Å². The van der Waals surface area contributed by atoms with Crippen LogP contribution in [0.25, 0.3) is 32.9 Å². The van der Waals surface area contributed by atoms with E-state index in [0.717, 1.165) is 32.9 Å². The molecule has 0 saturated heterocycles. The molecule has 0 bridgehead atoms. The predicted octanol–water partition coefficient (Wildman–Crippen LogP) is 7.90. The van der Waals surface area contributed by atoms with E-state index < -0.39 is 13.3 Å². The highest BCUT2D eigenvalue weighted by molar-refractivity contribution is 7.72. The minimum absolute atomic E-state index is 0.0899. The number of benzene rings is 2. The zero-order chi connectivity index (χ0) is 25.6. The van der Waals surface area contributed by atoms with Gasteiger partial charge in [-0.2, -0.15) is 0 Å². The third kappa shape index (κ3) is 4.44. The Morgan fingerprint density at radius 1 is 1.06 bits per heavy atom. The molecule has 5 aromatic rings. The van der Waals surface area contributed by atoms with Gasteiger partial charge in [0.25, 0.3) is 0 Å². The molecule has 0 aliphatic heterocycles. The van der Waals surface area contributed by atoms with Crippen LogP contribution >= 0.6 is 41.8 Å². The molecule has 3 heterocycles. The van der Waals surface area contributed by atoms with E-state index in [4.69, 9.17) is 27.6 Å². The van der Waals surface area contributed by atoms with Crippen molar-refractivity contribution in [2.75, 3.05) is 18.4 Å². The number of carboxylic acid groups (broad SMARTS) is 1. The van der Waals surface area contributed by atoms with Crippen molar-refractivity contribution in [1.29, 1.82) is 0 Å². The molecular weight excluding hydrogens is 538 g/mol. The first kappa shape index (κ1) is 24.6. The number of hydrogen-bond donors (Lipinski definition) is 1. The number of fused-ring (bicyclic) bond motifs is 1. The Morgan fingerprint density at radius 2 is 1.78 bits per heavy atom. The van der Waals surface area contributed by atoms with E-state index >= 15 is 0 Å². The van der Waals surface area contributed by atoms with E-state index in [1.54, 1.807) is 38.1 Å². The van der Waals surface area contributed by atoms with Gasteiger partial charge in [-0.3, -0.25) is 9.55 Å². The van der Waals surface area contributed by atoms with Gasteiger partial charge in [-0.25, -0.2) is 4.79 Å². The second-order valence-electron chi connectivity index (χ2n) is 8.20. The number of carboxylic acids is 1. The Bertz CT molecular complexity index is 1630. The lowest BCUT2D eigenvalue weighted by Gasteiger charge is -2.28. The highest BCUT2D eigenvalue weighted by Crippen LogP contribution is 2.51. The number of anilines is 1. The summed E-state index contributed by atoms with van der Waals surface area (Å²) in [4.78, 5) is 17.2. The van der Waals surface area contributed by atoms with Gasteiger partial charge in [0.15, 0.2) is 12.9 Å². The van der Waals surface area contributed by atoms with Crippen molar-refractivity contribution in [3.63, 3.8) is 0 Å². The maximum Gasteiger partial charge on any atom is 0.348 e. The minimum atomic E-state index is -3.25. The van der Waals surface area contributed by atoms with Crippen LogP contribution in [0.15, 0.2) is 77.3 Å². The number of rotatable bonds is 6. The van der Waals surface area contributed by atoms with Crippen molar-refractivity contribution < 1.29 is 18.9 Å². The molecule has 10 heteroatoms. The molecule has 5 rings (SSSR count). The molecule has 2 aromatic carbocycles. The summed E-state index contributed by atoms with van der Waals surface area (Å²) in [6.07, 6.45) is 1.71. The fraction of sp³-hybridized carbons (Fsp3) is 0.0769. The van der Waals surface area contributed by atoms with Crippen LogP contribution in [-0.4, -0.2) is 29.8 Å². The fourth-order valence-corrected chi connectivity index (χ4v) is 7.60. The third-order valence-electron chi connectivity index (χ3n) is 5.93. The maximum absolute atomic E-state index is 13.8. The molecule has 0 aliphatic rings. The quantitative estimate of drug-likeness (QED) is 0.214. The van der Waals surface area contributed by atoms with Gasteiger partial charge in [0, 0.05) is 46.7 Å². The second kappa shape index (κ2) is 9.41. The first-order chi connectivity index (χ1) is 17.1. The molecule has 1 N–H and O–H groups in total. The molecule has 0 aliphatic carbocycles. The molecule has 0 saturated carbocycles. The van der Waals surface area contributed by atoms with E-state index in [1.807, 2.05) is 42.5 Å². The van der Waals surface area contributed by atoms with Crippen molar-refractivity contribution in [3.8, 4) is 21.8 Å². The Morgan fingerprint density at radius 3 is 2.44 bits per heavy atom. The number of aromatic carboxylic acids is 1. The van der Waals surface area contributed by atoms with Crippen molar-refractivity contribution in [2.45, 2.75) is 0 Å². The van der Waals surface area contributed by atoms with Crippen molar-refractivity contribution >= 4 is 69.9 Å². The van der Waals surface area contributed by atoms with E-state index in [9.17, 15) is 14.5 Å². The largest absolute Gasteiger partial charge is 0.477 e. The number of halogens is 2. The molecule has 0 radical (unpaired) electrons. The highest BCUT2D eigenvalue weighted by atomic mass is 35.5. The third-order valence-corrected chi connectivity index (χ3v) is 10.4. The first-order valence-electron chi connectivity index (χ1n) is 10.7. The van der Waals surface area contributed by atoms with Crippen molar-refractivity contribution in [1.82, 2.24) is 4.98 Å². The Kier molecular flexibility index (Phi) is 6.43. The Hall–Kier alpha value is -3.09. The maximum atomic E-state index is 13.8. The van der Waals surface area contributed by atoms with Gasteiger partial charge in [0.2, 0.25) is 0 Å². The zero-order valence-electron chi connectivity index (χ0n) is 19.1. The zero-order valence-corrected chi connectivity index (χ0v) is 22.3. The van der Waals surface area contributed by atoms with E-state index in [1.165, 1.54) is 10.7 Å². The number of hydrogen-bond acceptors (Lipinski definition) is 5. The van der Waals surface area contributed by atoms with E-state index in [2.05, 4.69) is 4.98 Å². The van der Waals surface area contributed by atoms with Crippen molar-refractivity contribution in [2.24, 2.45) is 0 Å². The first-order valence-corrected chi connectivity index (χ1v) is 14.4. The minimum Gasteiger partial charge on any atom is -0.477 e. The van der Waals surface area contributed by atoms with Crippen LogP contribution in [0.5, 0.6) is 0 Å². The molecule has 1 atom stereocenters. The van der Waals surface area contributed by atoms with Crippen LogP contribution in [0.1, 0.15) is 9.67 Å². The van der Waals surface area contributed by atoms with Gasteiger partial charge in [-0.1, -0.05) is 47.5 Å². The molecule has 0 fully saturated rings. The van der Waals surface area contributed by atoms with Crippen LogP contribution in [0.3, 0.4) is 0 Å². The average molecular weight is 557 g/mol. The highest BCUT2D eigenvalue weighted by Gasteiger charge is 2.31. The number of pyridine rings is 1. The number of nitrogens with zero attached hydrogens (tertiary/aromatic N) is 2. The Balaban J connectivity index is 1.50.